The fourth-order valence-corrected chi connectivity index (χ4v) is 3.36. The first-order valence-electron chi connectivity index (χ1n) is 9.50. The fraction of sp³-hybridized carbons (Fsp3) is 0.619. The van der Waals surface area contributed by atoms with Gasteiger partial charge in [0.15, 0.2) is 0 Å². The molecule has 1 aliphatic rings. The number of hydrogen-bond acceptors (Lipinski definition) is 4. The smallest absolute Gasteiger partial charge is 0.411 e. The second-order valence-electron chi connectivity index (χ2n) is 7.93. The minimum absolute atomic E-state index is 0.218. The maximum absolute atomic E-state index is 13.1. The number of nitrogens with zero attached hydrogens (tertiary/aromatic N) is 1. The molecule has 5 heteroatoms. The van der Waals surface area contributed by atoms with E-state index >= 15 is 0 Å². The highest BCUT2D eigenvalue weighted by atomic mass is 16.6. The molecule has 0 aliphatic carbocycles. The first kappa shape index (κ1) is 20.3. The van der Waals surface area contributed by atoms with Gasteiger partial charge < -0.3 is 9.47 Å². The molecule has 1 saturated heterocycles. The number of esters is 1. The van der Waals surface area contributed by atoms with Crippen molar-refractivity contribution in [2.75, 3.05) is 6.54 Å². The topological polar surface area (TPSA) is 55.8 Å². The summed E-state index contributed by atoms with van der Waals surface area (Å²) < 4.78 is 11.2. The van der Waals surface area contributed by atoms with E-state index in [0.29, 0.717) is 19.4 Å². The second kappa shape index (κ2) is 8.56. The Bertz CT molecular complexity index is 608. The van der Waals surface area contributed by atoms with Crippen molar-refractivity contribution in [1.29, 1.82) is 0 Å². The van der Waals surface area contributed by atoms with Crippen molar-refractivity contribution in [2.24, 2.45) is 0 Å². The summed E-state index contributed by atoms with van der Waals surface area (Å²) in [5.41, 5.74) is -0.564. The largest absolute Gasteiger partial charge is 0.459 e. The van der Waals surface area contributed by atoms with E-state index in [9.17, 15) is 9.59 Å². The Labute approximate surface area is 156 Å². The molecule has 0 aromatic heterocycles. The molecule has 0 bridgehead atoms. The molecule has 1 heterocycles. The van der Waals surface area contributed by atoms with Crippen LogP contribution in [0.3, 0.4) is 0 Å². The van der Waals surface area contributed by atoms with E-state index in [-0.39, 0.29) is 12.6 Å². The molecule has 1 fully saturated rings. The molecule has 1 amide bonds. The van der Waals surface area contributed by atoms with Gasteiger partial charge >= 0.3 is 12.1 Å². The Morgan fingerprint density at radius 2 is 1.88 bits per heavy atom. The number of unbranched alkanes of at least 4 members (excludes halogenated alkanes) is 1. The van der Waals surface area contributed by atoms with Crippen molar-refractivity contribution in [1.82, 2.24) is 4.90 Å². The summed E-state index contributed by atoms with van der Waals surface area (Å²) in [6.07, 6.45) is 3.40. The Kier molecular flexibility index (Phi) is 6.68. The van der Waals surface area contributed by atoms with Crippen molar-refractivity contribution in [2.45, 2.75) is 77.5 Å². The molecule has 0 saturated carbocycles. The van der Waals surface area contributed by atoms with Gasteiger partial charge in [0.2, 0.25) is 0 Å². The minimum Gasteiger partial charge on any atom is -0.459 e. The van der Waals surface area contributed by atoms with Crippen LogP contribution in [0.15, 0.2) is 30.3 Å². The lowest BCUT2D eigenvalue weighted by Crippen LogP contribution is -2.54. The summed E-state index contributed by atoms with van der Waals surface area (Å²) in [5.74, 6) is -0.321. The van der Waals surface area contributed by atoms with E-state index in [1.165, 1.54) is 0 Å². The van der Waals surface area contributed by atoms with E-state index < -0.39 is 17.2 Å². The van der Waals surface area contributed by atoms with E-state index in [0.717, 1.165) is 24.8 Å². The molecular formula is C21H31NO4. The van der Waals surface area contributed by atoms with Crippen LogP contribution in [0.1, 0.15) is 65.4 Å². The number of hydrogen-bond donors (Lipinski definition) is 0. The number of benzene rings is 1. The van der Waals surface area contributed by atoms with Gasteiger partial charge in [-0.25, -0.2) is 9.59 Å². The van der Waals surface area contributed by atoms with Crippen LogP contribution in [0.2, 0.25) is 0 Å². The van der Waals surface area contributed by atoms with Crippen molar-refractivity contribution < 1.29 is 19.1 Å². The van der Waals surface area contributed by atoms with Crippen LogP contribution in [0.25, 0.3) is 0 Å². The molecule has 1 aliphatic heterocycles. The van der Waals surface area contributed by atoms with E-state index in [4.69, 9.17) is 9.47 Å². The molecule has 1 aromatic carbocycles. The van der Waals surface area contributed by atoms with Crippen LogP contribution in [-0.2, 0) is 20.9 Å². The summed E-state index contributed by atoms with van der Waals surface area (Å²) in [6, 6.07) is 9.60. The number of carbonyl (C=O) groups is 2. The summed E-state index contributed by atoms with van der Waals surface area (Å²) >= 11 is 0. The normalized spacial score (nSPS) is 20.1. The van der Waals surface area contributed by atoms with Gasteiger partial charge in [0.25, 0.3) is 0 Å². The van der Waals surface area contributed by atoms with E-state index in [2.05, 4.69) is 6.92 Å². The molecule has 144 valence electrons. The molecule has 0 radical (unpaired) electrons. The predicted octanol–water partition coefficient (Wildman–Crippen LogP) is 4.69. The molecule has 2 rings (SSSR count). The standard InChI is InChI=1S/C21H31NO4/c1-5-6-13-21(18(23)25-16-17-11-8-7-9-12-17)14-10-15-22(21)19(24)26-20(2,3)4/h7-9,11-12H,5-6,10,13-16H2,1-4H3. The Balaban J connectivity index is 2.16. The van der Waals surface area contributed by atoms with E-state index in [1.807, 2.05) is 51.1 Å². The molecular weight excluding hydrogens is 330 g/mol. The number of rotatable bonds is 6. The number of carbonyl (C=O) groups excluding carboxylic acids is 2. The van der Waals surface area contributed by atoms with Crippen molar-refractivity contribution in [3.05, 3.63) is 35.9 Å². The zero-order chi connectivity index (χ0) is 19.2. The number of likely N-dealkylation sites (tertiary alicyclic amines) is 1. The molecule has 26 heavy (non-hydrogen) atoms. The third-order valence-electron chi connectivity index (χ3n) is 4.64. The van der Waals surface area contributed by atoms with Crippen LogP contribution in [0, 0.1) is 0 Å². The van der Waals surface area contributed by atoms with Gasteiger partial charge in [0.05, 0.1) is 0 Å². The van der Waals surface area contributed by atoms with Gasteiger partial charge in [-0.2, -0.15) is 0 Å². The van der Waals surface area contributed by atoms with Crippen molar-refractivity contribution >= 4 is 12.1 Å². The van der Waals surface area contributed by atoms with Gasteiger partial charge in [-0.05, 0) is 45.6 Å². The highest BCUT2D eigenvalue weighted by molar-refractivity contribution is 5.86. The summed E-state index contributed by atoms with van der Waals surface area (Å²) in [5, 5.41) is 0. The maximum Gasteiger partial charge on any atom is 0.411 e. The predicted molar refractivity (Wildman–Crippen MR) is 101 cm³/mol. The molecule has 1 unspecified atom stereocenters. The van der Waals surface area contributed by atoms with Crippen molar-refractivity contribution in [3.8, 4) is 0 Å². The maximum atomic E-state index is 13.1. The highest BCUT2D eigenvalue weighted by Crippen LogP contribution is 2.36. The monoisotopic (exact) mass is 361 g/mol. The first-order chi connectivity index (χ1) is 12.3. The van der Waals surface area contributed by atoms with Crippen LogP contribution in [0.4, 0.5) is 4.79 Å². The summed E-state index contributed by atoms with van der Waals surface area (Å²) in [6.45, 7) is 8.33. The van der Waals surface area contributed by atoms with Gasteiger partial charge in [0.1, 0.15) is 17.7 Å². The van der Waals surface area contributed by atoms with Crippen LogP contribution >= 0.6 is 0 Å². The quantitative estimate of drug-likeness (QED) is 0.690. The molecule has 1 aromatic rings. The van der Waals surface area contributed by atoms with Gasteiger partial charge in [0, 0.05) is 6.54 Å². The molecule has 1 atom stereocenters. The lowest BCUT2D eigenvalue weighted by molar-refractivity contribution is -0.158. The Morgan fingerprint density at radius 3 is 2.50 bits per heavy atom. The van der Waals surface area contributed by atoms with Gasteiger partial charge in [-0.3, -0.25) is 4.90 Å². The first-order valence-corrected chi connectivity index (χ1v) is 9.50. The summed E-state index contributed by atoms with van der Waals surface area (Å²) in [4.78, 5) is 27.4. The molecule has 0 N–H and O–H groups in total. The number of ether oxygens (including phenoxy) is 2. The van der Waals surface area contributed by atoms with Crippen LogP contribution < -0.4 is 0 Å². The van der Waals surface area contributed by atoms with Crippen LogP contribution in [0.5, 0.6) is 0 Å². The Hall–Kier alpha value is -2.04. The summed E-state index contributed by atoms with van der Waals surface area (Å²) in [7, 11) is 0. The van der Waals surface area contributed by atoms with Gasteiger partial charge in [-0.15, -0.1) is 0 Å². The fourth-order valence-electron chi connectivity index (χ4n) is 3.36. The second-order valence-corrected chi connectivity index (χ2v) is 7.93. The molecule has 5 nitrogen and oxygen atoms in total. The lowest BCUT2D eigenvalue weighted by atomic mass is 9.90. The zero-order valence-corrected chi connectivity index (χ0v) is 16.4. The van der Waals surface area contributed by atoms with Crippen molar-refractivity contribution in [3.63, 3.8) is 0 Å². The van der Waals surface area contributed by atoms with E-state index in [1.54, 1.807) is 4.90 Å². The van der Waals surface area contributed by atoms with Gasteiger partial charge in [-0.1, -0.05) is 50.1 Å². The number of amides is 1. The Morgan fingerprint density at radius 1 is 1.19 bits per heavy atom. The lowest BCUT2D eigenvalue weighted by Gasteiger charge is -2.37. The SMILES string of the molecule is CCCCC1(C(=O)OCc2ccccc2)CCCN1C(=O)OC(C)(C)C. The third-order valence-corrected chi connectivity index (χ3v) is 4.64. The minimum atomic E-state index is -0.910. The average Bonchev–Trinajstić information content (AvgIpc) is 3.02. The van der Waals surface area contributed by atoms with Crippen LogP contribution in [-0.4, -0.2) is 34.6 Å². The average molecular weight is 361 g/mol. The highest BCUT2D eigenvalue weighted by Gasteiger charge is 2.51. The third kappa shape index (κ3) is 4.99. The molecule has 0 spiro atoms. The zero-order valence-electron chi connectivity index (χ0n) is 16.4.